The number of amides is 1. The molecule has 0 spiro atoms. The van der Waals surface area contributed by atoms with Gasteiger partial charge in [-0.1, -0.05) is 12.1 Å². The number of carbonyl (C=O) groups excluding carboxylic acids is 1. The Balaban J connectivity index is 2.08. The number of phenols is 1. The molecular formula is C11H14N2O2S. The highest BCUT2D eigenvalue weighted by Crippen LogP contribution is 2.26. The number of para-hydroxylation sites is 1. The number of benzene rings is 1. The van der Waals surface area contributed by atoms with Gasteiger partial charge in [-0.15, -0.1) is 11.8 Å². The van der Waals surface area contributed by atoms with Crippen molar-refractivity contribution in [1.82, 2.24) is 5.32 Å². The monoisotopic (exact) mass is 238 g/mol. The molecule has 1 unspecified atom stereocenters. The zero-order valence-electron chi connectivity index (χ0n) is 8.99. The number of phenolic OH excluding ortho intramolecular Hbond substituents is 1. The number of hydrogen-bond donors (Lipinski definition) is 3. The van der Waals surface area contributed by atoms with E-state index in [-0.39, 0.29) is 17.7 Å². The molecule has 1 aliphatic heterocycles. The van der Waals surface area contributed by atoms with E-state index in [1.165, 1.54) is 0 Å². The summed E-state index contributed by atoms with van der Waals surface area (Å²) in [5, 5.41) is 15.6. The molecule has 1 amide bonds. The smallest absolute Gasteiger partial charge is 0.242 e. The average Bonchev–Trinajstić information content (AvgIpc) is 2.78. The van der Waals surface area contributed by atoms with Crippen molar-refractivity contribution in [3.63, 3.8) is 0 Å². The number of hydrogen-bond acceptors (Lipinski definition) is 4. The minimum Gasteiger partial charge on any atom is -0.505 e. The highest BCUT2D eigenvalue weighted by atomic mass is 32.2. The van der Waals surface area contributed by atoms with Crippen LogP contribution in [0.2, 0.25) is 0 Å². The SMILES string of the molecule is Cc1cccc(NC(=O)C2CSCN2)c1O. The maximum absolute atomic E-state index is 11.8. The normalized spacial score (nSPS) is 19.7. The van der Waals surface area contributed by atoms with Crippen LogP contribution in [-0.4, -0.2) is 28.7 Å². The van der Waals surface area contributed by atoms with E-state index in [1.54, 1.807) is 30.8 Å². The molecule has 3 N–H and O–H groups in total. The van der Waals surface area contributed by atoms with Gasteiger partial charge in [0.2, 0.25) is 5.91 Å². The van der Waals surface area contributed by atoms with Crippen LogP contribution in [0, 0.1) is 6.92 Å². The van der Waals surface area contributed by atoms with E-state index in [2.05, 4.69) is 10.6 Å². The van der Waals surface area contributed by atoms with E-state index in [4.69, 9.17) is 0 Å². The van der Waals surface area contributed by atoms with Gasteiger partial charge in [-0.25, -0.2) is 0 Å². The fourth-order valence-corrected chi connectivity index (χ4v) is 2.49. The second-order valence-electron chi connectivity index (χ2n) is 3.73. The molecule has 16 heavy (non-hydrogen) atoms. The first-order chi connectivity index (χ1) is 7.68. The van der Waals surface area contributed by atoms with Crippen molar-refractivity contribution in [2.75, 3.05) is 16.9 Å². The van der Waals surface area contributed by atoms with Crippen LogP contribution >= 0.6 is 11.8 Å². The second kappa shape index (κ2) is 4.76. The Labute approximate surface area is 98.4 Å². The van der Waals surface area contributed by atoms with Gasteiger partial charge in [0.1, 0.15) is 5.75 Å². The van der Waals surface area contributed by atoms with Crippen molar-refractivity contribution in [3.8, 4) is 5.75 Å². The Morgan fingerprint density at radius 1 is 1.62 bits per heavy atom. The van der Waals surface area contributed by atoms with E-state index >= 15 is 0 Å². The van der Waals surface area contributed by atoms with Crippen molar-refractivity contribution in [1.29, 1.82) is 0 Å². The fourth-order valence-electron chi connectivity index (χ4n) is 1.54. The number of rotatable bonds is 2. The minimum atomic E-state index is -0.162. The summed E-state index contributed by atoms with van der Waals surface area (Å²) < 4.78 is 0. The molecule has 0 radical (unpaired) electrons. The Morgan fingerprint density at radius 3 is 3.12 bits per heavy atom. The topological polar surface area (TPSA) is 61.4 Å². The van der Waals surface area contributed by atoms with Gasteiger partial charge in [0.25, 0.3) is 0 Å². The predicted molar refractivity (Wildman–Crippen MR) is 65.7 cm³/mol. The van der Waals surface area contributed by atoms with Gasteiger partial charge in [0, 0.05) is 11.6 Å². The molecule has 1 aliphatic rings. The van der Waals surface area contributed by atoms with Gasteiger partial charge >= 0.3 is 0 Å². The third-order valence-corrected chi connectivity index (χ3v) is 3.47. The van der Waals surface area contributed by atoms with Crippen LogP contribution < -0.4 is 10.6 Å². The van der Waals surface area contributed by atoms with E-state index in [9.17, 15) is 9.90 Å². The van der Waals surface area contributed by atoms with E-state index in [0.29, 0.717) is 5.69 Å². The quantitative estimate of drug-likeness (QED) is 0.680. The van der Waals surface area contributed by atoms with E-state index in [1.807, 2.05) is 6.07 Å². The standard InChI is InChI=1S/C11H14N2O2S/c1-7-3-2-4-8(10(7)14)13-11(15)9-5-16-6-12-9/h2-4,9,12,14H,5-6H2,1H3,(H,13,15). The van der Waals surface area contributed by atoms with Crippen molar-refractivity contribution in [3.05, 3.63) is 23.8 Å². The Bertz CT molecular complexity index is 403. The summed E-state index contributed by atoms with van der Waals surface area (Å²) in [5.74, 6) is 1.63. The highest BCUT2D eigenvalue weighted by molar-refractivity contribution is 7.99. The molecule has 4 nitrogen and oxygen atoms in total. The summed E-state index contributed by atoms with van der Waals surface area (Å²) in [6.45, 7) is 1.80. The third-order valence-electron chi connectivity index (χ3n) is 2.53. The zero-order chi connectivity index (χ0) is 11.5. The first kappa shape index (κ1) is 11.3. The first-order valence-electron chi connectivity index (χ1n) is 5.09. The molecule has 1 fully saturated rings. The highest BCUT2D eigenvalue weighted by Gasteiger charge is 2.23. The molecule has 0 saturated carbocycles. The summed E-state index contributed by atoms with van der Waals surface area (Å²) in [6.07, 6.45) is 0. The molecule has 1 aromatic rings. The lowest BCUT2D eigenvalue weighted by molar-refractivity contribution is -0.117. The van der Waals surface area contributed by atoms with Gasteiger partial charge in [-0.2, -0.15) is 0 Å². The Hall–Kier alpha value is -1.20. The van der Waals surface area contributed by atoms with Crippen LogP contribution in [0.5, 0.6) is 5.75 Å². The summed E-state index contributed by atoms with van der Waals surface area (Å²) in [5.41, 5.74) is 1.23. The van der Waals surface area contributed by atoms with Gasteiger partial charge < -0.3 is 10.4 Å². The molecule has 0 aromatic heterocycles. The number of nitrogens with one attached hydrogen (secondary N) is 2. The average molecular weight is 238 g/mol. The number of carbonyl (C=O) groups is 1. The molecule has 1 saturated heterocycles. The molecule has 0 aliphatic carbocycles. The second-order valence-corrected chi connectivity index (χ2v) is 4.76. The van der Waals surface area contributed by atoms with Crippen LogP contribution in [0.15, 0.2) is 18.2 Å². The summed E-state index contributed by atoms with van der Waals surface area (Å²) in [7, 11) is 0. The molecular weight excluding hydrogens is 224 g/mol. The predicted octanol–water partition coefficient (Wildman–Crippen LogP) is 1.30. The molecule has 0 bridgehead atoms. The van der Waals surface area contributed by atoms with Crippen molar-refractivity contribution in [2.45, 2.75) is 13.0 Å². The number of aromatic hydroxyl groups is 1. The summed E-state index contributed by atoms with van der Waals surface area (Å²) in [4.78, 5) is 11.8. The summed E-state index contributed by atoms with van der Waals surface area (Å²) in [6, 6.07) is 5.14. The molecule has 1 aromatic carbocycles. The molecule has 5 heteroatoms. The Morgan fingerprint density at radius 2 is 2.44 bits per heavy atom. The number of anilines is 1. The lowest BCUT2D eigenvalue weighted by Crippen LogP contribution is -2.37. The maximum atomic E-state index is 11.8. The van der Waals surface area contributed by atoms with Gasteiger partial charge in [-0.05, 0) is 18.6 Å². The van der Waals surface area contributed by atoms with Crippen LogP contribution in [-0.2, 0) is 4.79 Å². The molecule has 1 heterocycles. The number of thioether (sulfide) groups is 1. The fraction of sp³-hybridized carbons (Fsp3) is 0.364. The molecule has 86 valence electrons. The van der Waals surface area contributed by atoms with Crippen LogP contribution in [0.25, 0.3) is 0 Å². The van der Waals surface area contributed by atoms with Crippen LogP contribution in [0.1, 0.15) is 5.56 Å². The lowest BCUT2D eigenvalue weighted by Gasteiger charge is -2.12. The Kier molecular flexibility index (Phi) is 3.36. The third kappa shape index (κ3) is 2.31. The van der Waals surface area contributed by atoms with Crippen LogP contribution in [0.4, 0.5) is 5.69 Å². The number of aryl methyl sites for hydroxylation is 1. The lowest BCUT2D eigenvalue weighted by atomic mass is 10.2. The van der Waals surface area contributed by atoms with Crippen molar-refractivity contribution in [2.24, 2.45) is 0 Å². The largest absolute Gasteiger partial charge is 0.505 e. The zero-order valence-corrected chi connectivity index (χ0v) is 9.80. The van der Waals surface area contributed by atoms with Gasteiger partial charge in [0.05, 0.1) is 11.7 Å². The van der Waals surface area contributed by atoms with E-state index in [0.717, 1.165) is 17.2 Å². The molecule has 2 rings (SSSR count). The van der Waals surface area contributed by atoms with Gasteiger partial charge in [-0.3, -0.25) is 10.1 Å². The van der Waals surface area contributed by atoms with Gasteiger partial charge in [0.15, 0.2) is 0 Å². The first-order valence-corrected chi connectivity index (χ1v) is 6.24. The maximum Gasteiger partial charge on any atom is 0.242 e. The minimum absolute atomic E-state index is 0.0918. The summed E-state index contributed by atoms with van der Waals surface area (Å²) >= 11 is 1.69. The molecule has 1 atom stereocenters. The van der Waals surface area contributed by atoms with Crippen LogP contribution in [0.3, 0.4) is 0 Å². The van der Waals surface area contributed by atoms with Crippen molar-refractivity contribution < 1.29 is 9.90 Å². The van der Waals surface area contributed by atoms with Crippen molar-refractivity contribution >= 4 is 23.4 Å². The van der Waals surface area contributed by atoms with E-state index < -0.39 is 0 Å².